The molecular formula is C22H17F2NO3. The summed E-state index contributed by atoms with van der Waals surface area (Å²) in [5, 5.41) is 9.06. The highest BCUT2D eigenvalue weighted by atomic mass is 19.1. The third kappa shape index (κ3) is 4.28. The van der Waals surface area contributed by atoms with E-state index in [4.69, 9.17) is 5.11 Å². The van der Waals surface area contributed by atoms with E-state index in [2.05, 4.69) is 4.98 Å². The maximum atomic E-state index is 14.5. The Hall–Kier alpha value is -3.41. The van der Waals surface area contributed by atoms with Gasteiger partial charge in [0.15, 0.2) is 5.78 Å². The zero-order chi connectivity index (χ0) is 20.3. The number of aromatic carboxylic acids is 1. The summed E-state index contributed by atoms with van der Waals surface area (Å²) >= 11 is 0. The van der Waals surface area contributed by atoms with Crippen molar-refractivity contribution in [1.82, 2.24) is 4.98 Å². The number of carboxylic acids is 1. The van der Waals surface area contributed by atoms with Gasteiger partial charge in [-0.15, -0.1) is 0 Å². The van der Waals surface area contributed by atoms with Gasteiger partial charge in [0.05, 0.1) is 5.56 Å². The molecule has 6 heteroatoms. The normalized spacial score (nSPS) is 11.8. The number of halogens is 2. The molecular weight excluding hydrogens is 364 g/mol. The maximum Gasteiger partial charge on any atom is 0.335 e. The van der Waals surface area contributed by atoms with E-state index in [1.54, 1.807) is 31.2 Å². The molecule has 0 amide bonds. The van der Waals surface area contributed by atoms with Crippen molar-refractivity contribution in [2.75, 3.05) is 0 Å². The summed E-state index contributed by atoms with van der Waals surface area (Å²) in [4.78, 5) is 27.9. The number of aromatic nitrogens is 1. The standard InChI is InChI=1S/C22H17F2NO3/c1-13-10-16(8-9-25-13)21(26)12-19(18-7-6-17(23)11-20(18)24)14-2-4-15(5-3-14)22(27)28/h2-11,19H,12H2,1H3,(H,27,28). The molecule has 1 unspecified atom stereocenters. The summed E-state index contributed by atoms with van der Waals surface area (Å²) in [5.74, 6) is -3.46. The lowest BCUT2D eigenvalue weighted by Gasteiger charge is -2.19. The Labute approximate surface area is 160 Å². The van der Waals surface area contributed by atoms with Crippen LogP contribution in [-0.2, 0) is 0 Å². The van der Waals surface area contributed by atoms with E-state index < -0.39 is 23.5 Å². The number of carboxylic acid groups (broad SMARTS) is 1. The van der Waals surface area contributed by atoms with Crippen molar-refractivity contribution < 1.29 is 23.5 Å². The first-order valence-electron chi connectivity index (χ1n) is 8.59. The molecule has 3 rings (SSSR count). The number of carbonyl (C=O) groups excluding carboxylic acids is 1. The number of aryl methyl sites for hydroxylation is 1. The SMILES string of the molecule is Cc1cc(C(=O)CC(c2ccc(C(=O)O)cc2)c2ccc(F)cc2F)ccn1. The fourth-order valence-corrected chi connectivity index (χ4v) is 3.07. The Morgan fingerprint density at radius 2 is 1.71 bits per heavy atom. The van der Waals surface area contributed by atoms with Crippen molar-refractivity contribution in [3.63, 3.8) is 0 Å². The molecule has 0 bridgehead atoms. The predicted molar refractivity (Wildman–Crippen MR) is 99.5 cm³/mol. The summed E-state index contributed by atoms with van der Waals surface area (Å²) in [5.41, 5.74) is 1.94. The first-order chi connectivity index (χ1) is 13.3. The minimum Gasteiger partial charge on any atom is -0.478 e. The summed E-state index contributed by atoms with van der Waals surface area (Å²) in [6, 6.07) is 12.3. The lowest BCUT2D eigenvalue weighted by molar-refractivity contribution is 0.0696. The van der Waals surface area contributed by atoms with E-state index in [1.807, 2.05) is 0 Å². The molecule has 0 aliphatic rings. The average molecular weight is 381 g/mol. The van der Waals surface area contributed by atoms with Crippen LogP contribution in [0.15, 0.2) is 60.8 Å². The van der Waals surface area contributed by atoms with Crippen LogP contribution < -0.4 is 0 Å². The lowest BCUT2D eigenvalue weighted by atomic mass is 9.85. The van der Waals surface area contributed by atoms with Crippen LogP contribution in [0.3, 0.4) is 0 Å². The molecule has 0 radical (unpaired) electrons. The average Bonchev–Trinajstić information content (AvgIpc) is 2.66. The first-order valence-corrected chi connectivity index (χ1v) is 8.59. The number of benzene rings is 2. The van der Waals surface area contributed by atoms with Gasteiger partial charge in [-0.05, 0) is 48.4 Å². The Kier molecular flexibility index (Phi) is 5.59. The number of hydrogen-bond acceptors (Lipinski definition) is 3. The van der Waals surface area contributed by atoms with Crippen molar-refractivity contribution in [3.8, 4) is 0 Å². The molecule has 1 N–H and O–H groups in total. The largest absolute Gasteiger partial charge is 0.478 e. The van der Waals surface area contributed by atoms with Gasteiger partial charge >= 0.3 is 5.97 Å². The maximum absolute atomic E-state index is 14.5. The van der Waals surface area contributed by atoms with Gasteiger partial charge in [-0.2, -0.15) is 0 Å². The molecule has 3 aromatic rings. The smallest absolute Gasteiger partial charge is 0.335 e. The summed E-state index contributed by atoms with van der Waals surface area (Å²) in [6.07, 6.45) is 1.47. The highest BCUT2D eigenvalue weighted by molar-refractivity contribution is 5.97. The lowest BCUT2D eigenvalue weighted by Crippen LogP contribution is -2.12. The van der Waals surface area contributed by atoms with E-state index in [-0.39, 0.29) is 23.3 Å². The van der Waals surface area contributed by atoms with Crippen LogP contribution in [0.2, 0.25) is 0 Å². The van der Waals surface area contributed by atoms with Gasteiger partial charge < -0.3 is 5.11 Å². The molecule has 0 spiro atoms. The first kappa shape index (κ1) is 19.4. The summed E-state index contributed by atoms with van der Waals surface area (Å²) < 4.78 is 27.8. The molecule has 1 aromatic heterocycles. The summed E-state index contributed by atoms with van der Waals surface area (Å²) in [6.45, 7) is 1.76. The molecule has 0 aliphatic heterocycles. The molecule has 28 heavy (non-hydrogen) atoms. The Morgan fingerprint density at radius 3 is 2.32 bits per heavy atom. The molecule has 2 aromatic carbocycles. The Morgan fingerprint density at radius 1 is 1.00 bits per heavy atom. The van der Waals surface area contributed by atoms with Crippen molar-refractivity contribution in [2.45, 2.75) is 19.3 Å². The quantitative estimate of drug-likeness (QED) is 0.625. The van der Waals surface area contributed by atoms with Gasteiger partial charge in [-0.3, -0.25) is 9.78 Å². The van der Waals surface area contributed by atoms with Gasteiger partial charge in [-0.25, -0.2) is 13.6 Å². The fraction of sp³-hybridized carbons (Fsp3) is 0.136. The van der Waals surface area contributed by atoms with Crippen LogP contribution in [0.1, 0.15) is 49.9 Å². The van der Waals surface area contributed by atoms with Gasteiger partial charge in [0, 0.05) is 35.9 Å². The van der Waals surface area contributed by atoms with E-state index in [0.717, 1.165) is 12.1 Å². The summed E-state index contributed by atoms with van der Waals surface area (Å²) in [7, 11) is 0. The van der Waals surface area contributed by atoms with Crippen molar-refractivity contribution in [3.05, 3.63) is 100 Å². The van der Waals surface area contributed by atoms with E-state index in [0.29, 0.717) is 16.8 Å². The third-order valence-electron chi connectivity index (χ3n) is 4.51. The van der Waals surface area contributed by atoms with E-state index in [9.17, 15) is 18.4 Å². The van der Waals surface area contributed by atoms with Crippen LogP contribution in [-0.4, -0.2) is 21.8 Å². The number of hydrogen-bond donors (Lipinski definition) is 1. The molecule has 0 saturated heterocycles. The van der Waals surface area contributed by atoms with Crippen LogP contribution in [0.4, 0.5) is 8.78 Å². The fourth-order valence-electron chi connectivity index (χ4n) is 3.07. The number of rotatable bonds is 6. The number of ketones is 1. The van der Waals surface area contributed by atoms with E-state index in [1.165, 1.54) is 24.4 Å². The van der Waals surface area contributed by atoms with Gasteiger partial charge in [0.25, 0.3) is 0 Å². The Balaban J connectivity index is 2.01. The van der Waals surface area contributed by atoms with Crippen LogP contribution in [0.25, 0.3) is 0 Å². The molecule has 1 atom stereocenters. The van der Waals surface area contributed by atoms with Crippen LogP contribution in [0, 0.1) is 18.6 Å². The molecule has 142 valence electrons. The molecule has 0 aliphatic carbocycles. The highest BCUT2D eigenvalue weighted by Gasteiger charge is 2.23. The van der Waals surface area contributed by atoms with Crippen molar-refractivity contribution in [2.24, 2.45) is 0 Å². The van der Waals surface area contributed by atoms with Crippen LogP contribution >= 0.6 is 0 Å². The second-order valence-electron chi connectivity index (χ2n) is 6.46. The monoisotopic (exact) mass is 381 g/mol. The third-order valence-corrected chi connectivity index (χ3v) is 4.51. The number of nitrogens with zero attached hydrogens (tertiary/aromatic N) is 1. The molecule has 0 saturated carbocycles. The van der Waals surface area contributed by atoms with Gasteiger partial charge in [0.2, 0.25) is 0 Å². The number of pyridine rings is 1. The number of carbonyl (C=O) groups is 2. The predicted octanol–water partition coefficient (Wildman–Crippen LogP) is 4.77. The minimum absolute atomic E-state index is 0.0571. The zero-order valence-corrected chi connectivity index (χ0v) is 15.0. The van der Waals surface area contributed by atoms with Gasteiger partial charge in [-0.1, -0.05) is 18.2 Å². The zero-order valence-electron chi connectivity index (χ0n) is 15.0. The number of Topliss-reactive ketones (excluding diaryl/α,β-unsaturated/α-hetero) is 1. The van der Waals surface area contributed by atoms with Gasteiger partial charge in [0.1, 0.15) is 11.6 Å². The van der Waals surface area contributed by atoms with E-state index >= 15 is 0 Å². The second-order valence-corrected chi connectivity index (χ2v) is 6.46. The van der Waals surface area contributed by atoms with Crippen molar-refractivity contribution >= 4 is 11.8 Å². The molecule has 1 heterocycles. The highest BCUT2D eigenvalue weighted by Crippen LogP contribution is 2.32. The molecule has 4 nitrogen and oxygen atoms in total. The van der Waals surface area contributed by atoms with Crippen molar-refractivity contribution in [1.29, 1.82) is 0 Å². The Bertz CT molecular complexity index is 1030. The minimum atomic E-state index is -1.08. The molecule has 0 fully saturated rings. The second kappa shape index (κ2) is 8.08. The van der Waals surface area contributed by atoms with Crippen LogP contribution in [0.5, 0.6) is 0 Å². The topological polar surface area (TPSA) is 67.3 Å².